The average molecular weight is 244 g/mol. The second kappa shape index (κ2) is 5.07. The van der Waals surface area contributed by atoms with E-state index in [9.17, 15) is 9.59 Å². The van der Waals surface area contributed by atoms with Crippen molar-refractivity contribution in [3.8, 4) is 11.5 Å². The Labute approximate surface area is 102 Å². The minimum atomic E-state index is -0.520. The molecule has 0 spiro atoms. The second-order valence-electron chi connectivity index (χ2n) is 3.38. The van der Waals surface area contributed by atoms with Gasteiger partial charge >= 0.3 is 5.71 Å². The summed E-state index contributed by atoms with van der Waals surface area (Å²) in [6.45, 7) is 0.110. The lowest BCUT2D eigenvalue weighted by Gasteiger charge is -1.98. The van der Waals surface area contributed by atoms with E-state index in [0.29, 0.717) is 17.8 Å². The molecule has 0 atom stereocenters. The standard InChI is InChI=1S/C12H8N2O4/c13-14-9(2-1-5-15)12(16)8-3-4-10-11(6-8)18-7-17-10/h1-6H,7H2/b2-1+. The first-order chi connectivity index (χ1) is 8.76. The van der Waals surface area contributed by atoms with Gasteiger partial charge in [-0.1, -0.05) is 0 Å². The van der Waals surface area contributed by atoms with Crippen molar-refractivity contribution >= 4 is 17.8 Å². The minimum absolute atomic E-state index is 0.110. The zero-order valence-corrected chi connectivity index (χ0v) is 9.20. The molecule has 1 aromatic rings. The van der Waals surface area contributed by atoms with Crippen LogP contribution in [-0.4, -0.2) is 29.4 Å². The number of nitrogens with zero attached hydrogens (tertiary/aromatic N) is 2. The summed E-state index contributed by atoms with van der Waals surface area (Å²) in [7, 11) is 0. The van der Waals surface area contributed by atoms with Crippen LogP contribution in [0.25, 0.3) is 5.53 Å². The fourth-order valence-electron chi connectivity index (χ4n) is 1.47. The van der Waals surface area contributed by atoms with Crippen LogP contribution in [0.4, 0.5) is 0 Å². The van der Waals surface area contributed by atoms with Gasteiger partial charge in [0.25, 0.3) is 5.78 Å². The van der Waals surface area contributed by atoms with E-state index in [4.69, 9.17) is 15.0 Å². The normalized spacial score (nSPS) is 12.2. The number of fused-ring (bicyclic) bond motifs is 1. The molecule has 18 heavy (non-hydrogen) atoms. The molecule has 0 aromatic heterocycles. The summed E-state index contributed by atoms with van der Waals surface area (Å²) in [6, 6.07) is 4.61. The third kappa shape index (κ3) is 2.18. The fraction of sp³-hybridized carbons (Fsp3) is 0.0833. The van der Waals surface area contributed by atoms with Gasteiger partial charge in [-0.3, -0.25) is 9.59 Å². The number of ketones is 1. The number of hydrogen-bond acceptors (Lipinski definition) is 4. The van der Waals surface area contributed by atoms with Crippen molar-refractivity contribution in [1.29, 1.82) is 0 Å². The van der Waals surface area contributed by atoms with Gasteiger partial charge in [-0.25, -0.2) is 0 Å². The largest absolute Gasteiger partial charge is 0.454 e. The van der Waals surface area contributed by atoms with Gasteiger partial charge in [-0.2, -0.15) is 4.79 Å². The number of rotatable bonds is 4. The molecule has 0 bridgehead atoms. The van der Waals surface area contributed by atoms with Crippen molar-refractivity contribution in [2.24, 2.45) is 0 Å². The van der Waals surface area contributed by atoms with E-state index in [1.54, 1.807) is 6.07 Å². The molecule has 0 saturated carbocycles. The van der Waals surface area contributed by atoms with Gasteiger partial charge in [0.05, 0.1) is 0 Å². The first kappa shape index (κ1) is 11.8. The minimum Gasteiger partial charge on any atom is -0.454 e. The Bertz CT molecular complexity index is 586. The maximum atomic E-state index is 11.9. The summed E-state index contributed by atoms with van der Waals surface area (Å²) in [5.74, 6) is 0.490. The van der Waals surface area contributed by atoms with Crippen molar-refractivity contribution < 1.29 is 23.9 Å². The van der Waals surface area contributed by atoms with Crippen LogP contribution in [0.15, 0.2) is 30.4 Å². The third-order valence-corrected chi connectivity index (χ3v) is 2.31. The molecule has 0 amide bonds. The van der Waals surface area contributed by atoms with E-state index in [0.717, 1.165) is 12.2 Å². The smallest absolute Gasteiger partial charge is 0.362 e. The lowest BCUT2D eigenvalue weighted by atomic mass is 10.1. The lowest BCUT2D eigenvalue weighted by Crippen LogP contribution is -2.12. The lowest BCUT2D eigenvalue weighted by molar-refractivity contribution is -0.104. The molecule has 0 unspecified atom stereocenters. The van der Waals surface area contributed by atoms with E-state index in [1.807, 2.05) is 0 Å². The van der Waals surface area contributed by atoms with Crippen molar-refractivity contribution in [2.45, 2.75) is 0 Å². The van der Waals surface area contributed by atoms with Crippen LogP contribution in [0.3, 0.4) is 0 Å². The summed E-state index contributed by atoms with van der Waals surface area (Å²) in [5.41, 5.74) is 8.77. The molecule has 6 nitrogen and oxygen atoms in total. The Balaban J connectivity index is 2.31. The number of carbonyl (C=O) groups is 2. The number of hydrogen-bond donors (Lipinski definition) is 0. The van der Waals surface area contributed by atoms with Gasteiger partial charge in [-0.15, -0.1) is 0 Å². The Kier molecular flexibility index (Phi) is 3.31. The molecule has 0 radical (unpaired) electrons. The van der Waals surface area contributed by atoms with E-state index in [-0.39, 0.29) is 18.1 Å². The van der Waals surface area contributed by atoms with E-state index in [1.165, 1.54) is 12.1 Å². The second-order valence-corrected chi connectivity index (χ2v) is 3.38. The monoisotopic (exact) mass is 244 g/mol. The van der Waals surface area contributed by atoms with Gasteiger partial charge in [0, 0.05) is 11.6 Å². The molecule has 1 heterocycles. The highest BCUT2D eigenvalue weighted by molar-refractivity contribution is 6.47. The Morgan fingerprint density at radius 2 is 2.11 bits per heavy atom. The van der Waals surface area contributed by atoms with Crippen LogP contribution in [0.5, 0.6) is 11.5 Å². The molecule has 90 valence electrons. The summed E-state index contributed by atoms with van der Waals surface area (Å²) in [4.78, 5) is 24.9. The van der Waals surface area contributed by atoms with Crippen LogP contribution < -0.4 is 9.47 Å². The third-order valence-electron chi connectivity index (χ3n) is 2.31. The molecule has 1 aliphatic rings. The Morgan fingerprint density at radius 1 is 1.33 bits per heavy atom. The average Bonchev–Trinajstić information content (AvgIpc) is 2.86. The molecule has 0 aliphatic carbocycles. The van der Waals surface area contributed by atoms with Gasteiger partial charge in [0.2, 0.25) is 6.79 Å². The van der Waals surface area contributed by atoms with E-state index in [2.05, 4.69) is 4.79 Å². The van der Waals surface area contributed by atoms with Crippen LogP contribution in [-0.2, 0) is 4.79 Å². The van der Waals surface area contributed by atoms with Gasteiger partial charge in [0.15, 0.2) is 11.5 Å². The van der Waals surface area contributed by atoms with E-state index >= 15 is 0 Å². The maximum absolute atomic E-state index is 11.9. The molecule has 0 saturated heterocycles. The van der Waals surface area contributed by atoms with Crippen molar-refractivity contribution in [3.05, 3.63) is 41.4 Å². The number of ether oxygens (including phenoxy) is 2. The van der Waals surface area contributed by atoms with E-state index < -0.39 is 5.78 Å². The molecular formula is C12H8N2O4. The molecule has 0 fully saturated rings. The highest BCUT2D eigenvalue weighted by Crippen LogP contribution is 2.32. The fourth-order valence-corrected chi connectivity index (χ4v) is 1.47. The number of Topliss-reactive ketones (excluding diaryl/α,β-unsaturated/α-hetero) is 1. The zero-order valence-electron chi connectivity index (χ0n) is 9.20. The van der Waals surface area contributed by atoms with Crippen molar-refractivity contribution in [3.63, 3.8) is 0 Å². The Hall–Kier alpha value is -2.72. The molecule has 2 rings (SSSR count). The summed E-state index contributed by atoms with van der Waals surface area (Å²) in [6.07, 6.45) is 2.68. The highest BCUT2D eigenvalue weighted by atomic mass is 16.7. The SMILES string of the molecule is [N-]=[N+]=C(/C=C/C=O)C(=O)c1ccc2c(c1)OCO2. The predicted molar refractivity (Wildman–Crippen MR) is 60.7 cm³/mol. The number of carbonyl (C=O) groups excluding carboxylic acids is 2. The Morgan fingerprint density at radius 3 is 2.83 bits per heavy atom. The molecular weight excluding hydrogens is 236 g/mol. The summed E-state index contributed by atoms with van der Waals surface area (Å²) >= 11 is 0. The van der Waals surface area contributed by atoms with Crippen LogP contribution in [0.1, 0.15) is 10.4 Å². The van der Waals surface area contributed by atoms with Crippen molar-refractivity contribution in [1.82, 2.24) is 0 Å². The van der Waals surface area contributed by atoms with Gasteiger partial charge < -0.3 is 15.0 Å². The number of aldehydes is 1. The van der Waals surface area contributed by atoms with Crippen LogP contribution >= 0.6 is 0 Å². The molecule has 6 heteroatoms. The molecule has 1 aromatic carbocycles. The van der Waals surface area contributed by atoms with Gasteiger partial charge in [-0.05, 0) is 24.3 Å². The summed E-state index contributed by atoms with van der Waals surface area (Å²) < 4.78 is 10.2. The maximum Gasteiger partial charge on any atom is 0.362 e. The first-order valence-electron chi connectivity index (χ1n) is 5.04. The van der Waals surface area contributed by atoms with Gasteiger partial charge in [0.1, 0.15) is 6.29 Å². The zero-order chi connectivity index (χ0) is 13.0. The number of allylic oxidation sites excluding steroid dienone is 2. The quantitative estimate of drug-likeness (QED) is 0.197. The van der Waals surface area contributed by atoms with Crippen molar-refractivity contribution in [2.75, 3.05) is 6.79 Å². The summed E-state index contributed by atoms with van der Waals surface area (Å²) in [5, 5.41) is 0. The van der Waals surface area contributed by atoms with Crippen LogP contribution in [0, 0.1) is 0 Å². The van der Waals surface area contributed by atoms with Crippen LogP contribution in [0.2, 0.25) is 0 Å². The molecule has 1 aliphatic heterocycles. The molecule has 0 N–H and O–H groups in total. The topological polar surface area (TPSA) is 89.0 Å². The predicted octanol–water partition coefficient (Wildman–Crippen LogP) is 1.02. The highest BCUT2D eigenvalue weighted by Gasteiger charge is 2.22. The number of benzene rings is 1. The first-order valence-corrected chi connectivity index (χ1v) is 5.04.